The van der Waals surface area contributed by atoms with Crippen molar-refractivity contribution in [3.05, 3.63) is 30.1 Å². The van der Waals surface area contributed by atoms with Gasteiger partial charge in [-0.05, 0) is 19.1 Å². The molecule has 0 bridgehead atoms. The van der Waals surface area contributed by atoms with E-state index in [1.165, 1.54) is 0 Å². The van der Waals surface area contributed by atoms with E-state index in [4.69, 9.17) is 4.74 Å². The lowest BCUT2D eigenvalue weighted by Crippen LogP contribution is -2.10. The molecule has 1 atom stereocenters. The lowest BCUT2D eigenvalue weighted by Gasteiger charge is -2.09. The monoisotopic (exact) mass is 220 g/mol. The van der Waals surface area contributed by atoms with Crippen molar-refractivity contribution in [1.82, 2.24) is 9.55 Å². The summed E-state index contributed by atoms with van der Waals surface area (Å²) in [4.78, 5) is 4.42. The summed E-state index contributed by atoms with van der Waals surface area (Å²) < 4.78 is 7.07. The van der Waals surface area contributed by atoms with Crippen LogP contribution in [0.5, 0.6) is 0 Å². The summed E-state index contributed by atoms with van der Waals surface area (Å²) in [5.41, 5.74) is 1.95. The Morgan fingerprint density at radius 3 is 2.88 bits per heavy atom. The van der Waals surface area contributed by atoms with Gasteiger partial charge in [-0.2, -0.15) is 0 Å². The van der Waals surface area contributed by atoms with E-state index in [0.717, 1.165) is 11.0 Å². The van der Waals surface area contributed by atoms with Crippen LogP contribution in [0, 0.1) is 0 Å². The third-order valence-corrected chi connectivity index (χ3v) is 2.58. The van der Waals surface area contributed by atoms with Gasteiger partial charge in [0.1, 0.15) is 11.9 Å². The van der Waals surface area contributed by atoms with Gasteiger partial charge < -0.3 is 14.4 Å². The highest BCUT2D eigenvalue weighted by Gasteiger charge is 2.13. The molecule has 0 amide bonds. The Bertz CT molecular complexity index is 477. The van der Waals surface area contributed by atoms with Gasteiger partial charge in [0.15, 0.2) is 0 Å². The number of hydrogen-bond acceptors (Lipinski definition) is 3. The van der Waals surface area contributed by atoms with Crippen LogP contribution >= 0.6 is 0 Å². The van der Waals surface area contributed by atoms with E-state index >= 15 is 0 Å². The fraction of sp³-hybridized carbons (Fsp3) is 0.417. The molecule has 2 rings (SSSR count). The molecule has 1 N–H and O–H groups in total. The number of rotatable bonds is 4. The minimum absolute atomic E-state index is 0.566. The molecule has 0 fully saturated rings. The molecule has 0 aliphatic heterocycles. The molecule has 0 saturated carbocycles. The predicted octanol–water partition coefficient (Wildman–Crippen LogP) is 1.74. The predicted molar refractivity (Wildman–Crippen MR) is 62.2 cm³/mol. The second-order valence-corrected chi connectivity index (χ2v) is 3.78. The molecule has 16 heavy (non-hydrogen) atoms. The third-order valence-electron chi connectivity index (χ3n) is 2.58. The van der Waals surface area contributed by atoms with Crippen LogP contribution in [0.3, 0.4) is 0 Å². The van der Waals surface area contributed by atoms with Gasteiger partial charge in [0.2, 0.25) is 0 Å². The maximum Gasteiger partial charge on any atom is 0.138 e. The van der Waals surface area contributed by atoms with E-state index < -0.39 is 6.10 Å². The van der Waals surface area contributed by atoms with Crippen molar-refractivity contribution in [2.45, 2.75) is 19.6 Å². The zero-order chi connectivity index (χ0) is 11.5. The zero-order valence-corrected chi connectivity index (χ0v) is 9.55. The van der Waals surface area contributed by atoms with Gasteiger partial charge in [-0.3, -0.25) is 0 Å². The van der Waals surface area contributed by atoms with E-state index in [1.54, 1.807) is 14.0 Å². The minimum Gasteiger partial charge on any atom is -0.385 e. The highest BCUT2D eigenvalue weighted by Crippen LogP contribution is 2.20. The van der Waals surface area contributed by atoms with Gasteiger partial charge in [-0.25, -0.2) is 4.98 Å². The first-order valence-electron chi connectivity index (χ1n) is 5.36. The summed E-state index contributed by atoms with van der Waals surface area (Å²) >= 11 is 0. The van der Waals surface area contributed by atoms with Gasteiger partial charge in [0.25, 0.3) is 0 Å². The highest BCUT2D eigenvalue weighted by atomic mass is 16.5. The van der Waals surface area contributed by atoms with Gasteiger partial charge in [0.05, 0.1) is 17.6 Å². The molecule has 86 valence electrons. The Balaban J connectivity index is 2.51. The molecular formula is C12H16N2O2. The van der Waals surface area contributed by atoms with Crippen molar-refractivity contribution in [3.63, 3.8) is 0 Å². The first-order valence-corrected chi connectivity index (χ1v) is 5.36. The molecule has 1 aromatic heterocycles. The number of ether oxygens (including phenoxy) is 1. The molecule has 4 heteroatoms. The first-order chi connectivity index (χ1) is 7.74. The van der Waals surface area contributed by atoms with Crippen LogP contribution in [-0.2, 0) is 11.3 Å². The summed E-state index contributed by atoms with van der Waals surface area (Å²) in [5, 5.41) is 9.68. The summed E-state index contributed by atoms with van der Waals surface area (Å²) in [6.07, 6.45) is -0.566. The van der Waals surface area contributed by atoms with E-state index in [9.17, 15) is 5.11 Å². The molecule has 2 aromatic rings. The Kier molecular flexibility index (Phi) is 3.22. The Morgan fingerprint density at radius 2 is 2.19 bits per heavy atom. The standard InChI is InChI=1S/C12H16N2O2/c1-9(15)12-13-10-5-3-4-6-11(10)14(12)7-8-16-2/h3-6,9,15H,7-8H2,1-2H3/t9-/m1/s1. The molecule has 0 spiro atoms. The SMILES string of the molecule is COCCn1c([C@@H](C)O)nc2ccccc21. The fourth-order valence-electron chi connectivity index (χ4n) is 1.83. The van der Waals surface area contributed by atoms with Crippen molar-refractivity contribution in [2.24, 2.45) is 0 Å². The van der Waals surface area contributed by atoms with Crippen LogP contribution in [0.1, 0.15) is 18.9 Å². The number of benzene rings is 1. The quantitative estimate of drug-likeness (QED) is 0.853. The number of nitrogens with zero attached hydrogens (tertiary/aromatic N) is 2. The summed E-state index contributed by atoms with van der Waals surface area (Å²) in [5.74, 6) is 0.693. The number of hydrogen-bond donors (Lipinski definition) is 1. The molecule has 1 heterocycles. The van der Waals surface area contributed by atoms with Gasteiger partial charge in [0, 0.05) is 13.7 Å². The number of fused-ring (bicyclic) bond motifs is 1. The molecule has 1 aromatic carbocycles. The van der Waals surface area contributed by atoms with Crippen molar-refractivity contribution < 1.29 is 9.84 Å². The molecule has 4 nitrogen and oxygen atoms in total. The maximum absolute atomic E-state index is 9.68. The van der Waals surface area contributed by atoms with Crippen LogP contribution in [0.15, 0.2) is 24.3 Å². The third kappa shape index (κ3) is 1.94. The van der Waals surface area contributed by atoms with Gasteiger partial charge in [-0.15, -0.1) is 0 Å². The highest BCUT2D eigenvalue weighted by molar-refractivity contribution is 5.75. The zero-order valence-electron chi connectivity index (χ0n) is 9.55. The van der Waals surface area contributed by atoms with E-state index in [0.29, 0.717) is 19.0 Å². The second kappa shape index (κ2) is 4.63. The minimum atomic E-state index is -0.566. The van der Waals surface area contributed by atoms with E-state index in [2.05, 4.69) is 4.98 Å². The largest absolute Gasteiger partial charge is 0.385 e. The molecule has 0 saturated heterocycles. The molecule has 0 aliphatic rings. The number of aromatic nitrogens is 2. The molecule has 0 aliphatic carbocycles. The molecule has 0 radical (unpaired) electrons. The van der Waals surface area contributed by atoms with Crippen molar-refractivity contribution in [3.8, 4) is 0 Å². The van der Waals surface area contributed by atoms with Crippen molar-refractivity contribution >= 4 is 11.0 Å². The van der Waals surface area contributed by atoms with Crippen LogP contribution in [0.4, 0.5) is 0 Å². The van der Waals surface area contributed by atoms with Crippen LogP contribution in [0.2, 0.25) is 0 Å². The van der Waals surface area contributed by atoms with Gasteiger partial charge >= 0.3 is 0 Å². The number of para-hydroxylation sites is 2. The number of aliphatic hydroxyl groups is 1. The number of imidazole rings is 1. The molecular weight excluding hydrogens is 204 g/mol. The fourth-order valence-corrected chi connectivity index (χ4v) is 1.83. The first kappa shape index (κ1) is 11.1. The van der Waals surface area contributed by atoms with Gasteiger partial charge in [-0.1, -0.05) is 12.1 Å². The van der Waals surface area contributed by atoms with Crippen LogP contribution < -0.4 is 0 Å². The smallest absolute Gasteiger partial charge is 0.138 e. The Morgan fingerprint density at radius 1 is 1.44 bits per heavy atom. The number of aliphatic hydroxyl groups excluding tert-OH is 1. The Hall–Kier alpha value is -1.39. The second-order valence-electron chi connectivity index (χ2n) is 3.78. The van der Waals surface area contributed by atoms with Crippen molar-refractivity contribution in [2.75, 3.05) is 13.7 Å². The average Bonchev–Trinajstić information content (AvgIpc) is 2.65. The maximum atomic E-state index is 9.68. The average molecular weight is 220 g/mol. The van der Waals surface area contributed by atoms with Crippen LogP contribution in [0.25, 0.3) is 11.0 Å². The summed E-state index contributed by atoms with van der Waals surface area (Å²) in [6.45, 7) is 3.04. The normalized spacial score (nSPS) is 13.2. The van der Waals surface area contributed by atoms with E-state index in [1.807, 2.05) is 28.8 Å². The summed E-state index contributed by atoms with van der Waals surface area (Å²) in [6, 6.07) is 7.87. The Labute approximate surface area is 94.5 Å². The lowest BCUT2D eigenvalue weighted by atomic mass is 10.3. The van der Waals surface area contributed by atoms with E-state index in [-0.39, 0.29) is 0 Å². The summed E-state index contributed by atoms with van der Waals surface area (Å²) in [7, 11) is 1.67. The number of methoxy groups -OCH3 is 1. The van der Waals surface area contributed by atoms with Crippen LogP contribution in [-0.4, -0.2) is 28.4 Å². The van der Waals surface area contributed by atoms with Crippen molar-refractivity contribution in [1.29, 1.82) is 0 Å². The topological polar surface area (TPSA) is 47.3 Å². The lowest BCUT2D eigenvalue weighted by molar-refractivity contribution is 0.167. The molecule has 0 unspecified atom stereocenters.